The second-order valence-corrected chi connectivity index (χ2v) is 15.9. The van der Waals surface area contributed by atoms with E-state index in [1.807, 2.05) is 78.9 Å². The van der Waals surface area contributed by atoms with Gasteiger partial charge in [0.25, 0.3) is 0 Å². The zero-order chi connectivity index (χ0) is 37.4. The van der Waals surface area contributed by atoms with Crippen LogP contribution in [0.25, 0.3) is 43.4 Å². The molecule has 2 N–H and O–H groups in total. The molecule has 1 aliphatic carbocycles. The molecule has 262 valence electrons. The maximum absolute atomic E-state index is 14.1. The van der Waals surface area contributed by atoms with Crippen LogP contribution in [-0.2, 0) is 9.13 Å². The van der Waals surface area contributed by atoms with Crippen LogP contribution in [0.15, 0.2) is 168 Å². The lowest BCUT2D eigenvalue weighted by Gasteiger charge is -2.29. The number of phenolic OH excluding ortho intramolecular Hbond substituents is 2. The minimum atomic E-state index is -3.67. The molecule has 2 unspecified atom stereocenters. The maximum atomic E-state index is 14.1. The summed E-state index contributed by atoms with van der Waals surface area (Å²) in [5.74, 6) is 0.122. The van der Waals surface area contributed by atoms with E-state index in [-0.39, 0.29) is 28.4 Å². The Morgan fingerprint density at radius 1 is 0.519 bits per heavy atom. The van der Waals surface area contributed by atoms with Gasteiger partial charge in [-0.05, 0) is 58.7 Å². The first kappa shape index (κ1) is 34.5. The van der Waals surface area contributed by atoms with Gasteiger partial charge >= 0.3 is 15.0 Å². The number of hydrogen-bond donors (Lipinski definition) is 2. The SMILES string of the molecule is O=C1C=CC(=O)c2ccccc21.O=P1(c2cc(O)c3ccccc3c2O)Oc2ccccc2-c2ccccc21.O=[p+]1oc2ccccc2c2ccccc21. The second-order valence-electron chi connectivity index (χ2n) is 12.4. The van der Waals surface area contributed by atoms with Crippen LogP contribution >= 0.6 is 15.0 Å². The van der Waals surface area contributed by atoms with Gasteiger partial charge in [0.15, 0.2) is 17.1 Å². The Morgan fingerprint density at radius 3 is 1.74 bits per heavy atom. The third-order valence-corrected chi connectivity index (χ3v) is 12.8. The highest BCUT2D eigenvalue weighted by atomic mass is 31.2. The fraction of sp³-hybridized carbons (Fsp3) is 0. The highest BCUT2D eigenvalue weighted by Crippen LogP contribution is 2.56. The molecule has 0 saturated heterocycles. The molecule has 2 atom stereocenters. The van der Waals surface area contributed by atoms with E-state index in [2.05, 4.69) is 0 Å². The molecule has 8 nitrogen and oxygen atoms in total. The molecule has 2 aliphatic rings. The second kappa shape index (κ2) is 14.1. The first-order valence-electron chi connectivity index (χ1n) is 16.9. The molecule has 10 heteroatoms. The van der Waals surface area contributed by atoms with E-state index in [0.717, 1.165) is 27.0 Å². The number of carbonyl (C=O) groups excluding carboxylic acids is 2. The number of ketones is 2. The smallest absolute Gasteiger partial charge is 0.507 e. The van der Waals surface area contributed by atoms with Crippen molar-refractivity contribution in [1.82, 2.24) is 0 Å². The number of para-hydroxylation sites is 2. The van der Waals surface area contributed by atoms with Gasteiger partial charge in [-0.2, -0.15) is 0 Å². The van der Waals surface area contributed by atoms with E-state index < -0.39 is 15.0 Å². The molecule has 1 aliphatic heterocycles. The minimum absolute atomic E-state index is 0.0476. The Labute approximate surface area is 309 Å². The van der Waals surface area contributed by atoms with Gasteiger partial charge in [-0.1, -0.05) is 115 Å². The molecule has 7 aromatic carbocycles. The zero-order valence-electron chi connectivity index (χ0n) is 28.3. The molecule has 1 aromatic heterocycles. The Bertz CT molecular complexity index is 2910. The summed E-state index contributed by atoms with van der Waals surface area (Å²) in [4.78, 5) is 22.4. The van der Waals surface area contributed by atoms with Crippen molar-refractivity contribution >= 4 is 69.4 Å². The van der Waals surface area contributed by atoms with Crippen LogP contribution in [0.4, 0.5) is 0 Å². The highest BCUT2D eigenvalue weighted by molar-refractivity contribution is 7.75. The molecule has 0 amide bonds. The molecular weight excluding hydrogens is 718 g/mol. The summed E-state index contributed by atoms with van der Waals surface area (Å²) in [7, 11) is -5.41. The van der Waals surface area contributed by atoms with E-state index >= 15 is 0 Å². The lowest BCUT2D eigenvalue weighted by molar-refractivity contribution is 0.0994. The van der Waals surface area contributed by atoms with Crippen LogP contribution in [-0.4, -0.2) is 21.8 Å². The van der Waals surface area contributed by atoms with Crippen molar-refractivity contribution in [3.63, 3.8) is 0 Å². The van der Waals surface area contributed by atoms with Crippen LogP contribution < -0.4 is 15.1 Å². The molecule has 0 fully saturated rings. The summed E-state index contributed by atoms with van der Waals surface area (Å²) in [5.41, 5.74) is 3.37. The summed E-state index contributed by atoms with van der Waals surface area (Å²) in [6.45, 7) is 0. The standard InChI is InChI=1S/C22H15O4P.C12H8O2P.C10H6O2/c23-18-13-21(22(24)17-10-2-1-7-14(17)18)27(25)20-12-6-4-9-16(20)15-8-3-5-11-19(15)26-27;13-15-12-8-4-2-6-10(12)9-5-1-3-7-11(9)14-15;11-9-5-6-10(12)8-4-2-1-3-7(8)9/h1-13,23-24H;1-8H;1-6H/q;+1;. The van der Waals surface area contributed by atoms with Crippen LogP contribution in [0.1, 0.15) is 20.7 Å². The summed E-state index contributed by atoms with van der Waals surface area (Å²) in [6.07, 6.45) is 2.62. The summed E-state index contributed by atoms with van der Waals surface area (Å²) in [6, 6.07) is 45.1. The number of rotatable bonds is 1. The van der Waals surface area contributed by atoms with Crippen LogP contribution in [0.5, 0.6) is 17.2 Å². The monoisotopic (exact) mass is 747 g/mol. The van der Waals surface area contributed by atoms with Gasteiger partial charge in [-0.25, -0.2) is 4.20 Å². The summed E-state index contributed by atoms with van der Waals surface area (Å²) >= 11 is 0. The number of carbonyl (C=O) groups is 2. The number of allylic oxidation sites excluding steroid dienone is 2. The van der Waals surface area contributed by atoms with Crippen LogP contribution in [0.2, 0.25) is 0 Å². The van der Waals surface area contributed by atoms with Gasteiger partial charge in [0.05, 0.1) is 10.6 Å². The predicted octanol–water partition coefficient (Wildman–Crippen LogP) is 10.5. The van der Waals surface area contributed by atoms with Gasteiger partial charge in [0.1, 0.15) is 17.2 Å². The molecule has 54 heavy (non-hydrogen) atoms. The van der Waals surface area contributed by atoms with Crippen molar-refractivity contribution in [1.29, 1.82) is 0 Å². The van der Waals surface area contributed by atoms with Crippen molar-refractivity contribution in [2.75, 3.05) is 0 Å². The Hall–Kier alpha value is -6.59. The van der Waals surface area contributed by atoms with Crippen molar-refractivity contribution in [3.8, 4) is 28.4 Å². The average molecular weight is 748 g/mol. The summed E-state index contributed by atoms with van der Waals surface area (Å²) in [5, 5.41) is 25.7. The number of aromatic hydroxyl groups is 2. The first-order valence-corrected chi connectivity index (χ1v) is 19.7. The molecular formula is C44H29O8P2+. The molecule has 8 aromatic rings. The fourth-order valence-corrected chi connectivity index (χ4v) is 10.1. The van der Waals surface area contributed by atoms with E-state index in [0.29, 0.717) is 38.5 Å². The number of benzene rings is 7. The Morgan fingerprint density at radius 2 is 1.04 bits per heavy atom. The number of phenols is 2. The molecule has 10 rings (SSSR count). The third-order valence-electron chi connectivity index (χ3n) is 9.22. The van der Waals surface area contributed by atoms with Crippen molar-refractivity contribution in [3.05, 3.63) is 175 Å². The topological polar surface area (TPSA) is 131 Å². The molecule has 0 saturated carbocycles. The molecule has 2 heterocycles. The van der Waals surface area contributed by atoms with Crippen LogP contribution in [0, 0.1) is 0 Å². The van der Waals surface area contributed by atoms with Crippen LogP contribution in [0.3, 0.4) is 0 Å². The van der Waals surface area contributed by atoms with Gasteiger partial charge in [-0.15, -0.1) is 0 Å². The minimum Gasteiger partial charge on any atom is -0.507 e. The average Bonchev–Trinajstić information content (AvgIpc) is 3.21. The van der Waals surface area contributed by atoms with E-state index in [4.69, 9.17) is 8.72 Å². The molecule has 0 spiro atoms. The van der Waals surface area contributed by atoms with E-state index in [9.17, 15) is 28.9 Å². The Kier molecular flexibility index (Phi) is 9.00. The zero-order valence-corrected chi connectivity index (χ0v) is 30.1. The normalized spacial score (nSPS) is 15.5. The molecule has 0 bridgehead atoms. The largest absolute Gasteiger partial charge is 0.597 e. The van der Waals surface area contributed by atoms with E-state index in [1.54, 1.807) is 66.7 Å². The van der Waals surface area contributed by atoms with Gasteiger partial charge < -0.3 is 14.7 Å². The first-order chi connectivity index (χ1) is 26.2. The van der Waals surface area contributed by atoms with Gasteiger partial charge in [0, 0.05) is 38.2 Å². The van der Waals surface area contributed by atoms with Crippen molar-refractivity contribution < 1.29 is 37.7 Å². The molecule has 0 radical (unpaired) electrons. The van der Waals surface area contributed by atoms with Gasteiger partial charge in [0.2, 0.25) is 5.12 Å². The highest BCUT2D eigenvalue weighted by Gasteiger charge is 2.40. The van der Waals surface area contributed by atoms with E-state index in [1.165, 1.54) is 18.2 Å². The summed E-state index contributed by atoms with van der Waals surface area (Å²) < 4.78 is 37.3. The predicted molar refractivity (Wildman–Crippen MR) is 212 cm³/mol. The quantitative estimate of drug-likeness (QED) is 0.0964. The lowest BCUT2D eigenvalue weighted by atomic mass is 9.95. The number of hydrogen-bond acceptors (Lipinski definition) is 8. The van der Waals surface area contributed by atoms with Crippen molar-refractivity contribution in [2.45, 2.75) is 0 Å². The van der Waals surface area contributed by atoms with Gasteiger partial charge in [-0.3, -0.25) is 14.2 Å². The third kappa shape index (κ3) is 6.08. The Balaban J connectivity index is 0.000000128. The number of fused-ring (bicyclic) bond motifs is 8. The lowest BCUT2D eigenvalue weighted by Crippen LogP contribution is -2.25. The maximum Gasteiger partial charge on any atom is 0.597 e. The fourth-order valence-electron chi connectivity index (χ4n) is 6.66. The van der Waals surface area contributed by atoms with Crippen molar-refractivity contribution in [2.24, 2.45) is 0 Å².